The van der Waals surface area contributed by atoms with E-state index in [-0.39, 0.29) is 22.6 Å². The Morgan fingerprint density at radius 1 is 1.06 bits per heavy atom. The number of fused-ring (bicyclic) bond motifs is 1. The first-order valence-corrected chi connectivity index (χ1v) is 12.0. The van der Waals surface area contributed by atoms with Crippen LogP contribution in [0.3, 0.4) is 0 Å². The Balaban J connectivity index is 1.53. The Kier molecular flexibility index (Phi) is 6.41. The number of amides is 1. The van der Waals surface area contributed by atoms with Crippen LogP contribution in [-0.4, -0.2) is 31.2 Å². The molecular formula is C24H24N4O4S. The number of hydrogen-bond donors (Lipinski definition) is 2. The summed E-state index contributed by atoms with van der Waals surface area (Å²) >= 11 is 0. The van der Waals surface area contributed by atoms with E-state index in [0.29, 0.717) is 29.2 Å². The molecule has 0 saturated heterocycles. The zero-order valence-electron chi connectivity index (χ0n) is 18.2. The fourth-order valence-electron chi connectivity index (χ4n) is 3.40. The van der Waals surface area contributed by atoms with Crippen LogP contribution in [0.15, 0.2) is 82.9 Å². The number of anilines is 1. The van der Waals surface area contributed by atoms with Crippen LogP contribution in [0.1, 0.15) is 25.8 Å². The van der Waals surface area contributed by atoms with Crippen molar-refractivity contribution in [2.75, 3.05) is 5.32 Å². The van der Waals surface area contributed by atoms with E-state index in [1.807, 2.05) is 13.8 Å². The van der Waals surface area contributed by atoms with Crippen LogP contribution < -0.4 is 14.8 Å². The Morgan fingerprint density at radius 3 is 2.42 bits per heavy atom. The molecule has 1 aliphatic heterocycles. The zero-order valence-corrected chi connectivity index (χ0v) is 19.0. The molecule has 170 valence electrons. The number of nitrogens with one attached hydrogen (secondary N) is 2. The molecule has 0 unspecified atom stereocenters. The van der Waals surface area contributed by atoms with Gasteiger partial charge in [-0.2, -0.15) is 0 Å². The first kappa shape index (κ1) is 22.5. The average molecular weight is 465 g/mol. The standard InChI is InChI=1S/C24H24N4O4S/c1-3-16(2)22(27-23-20-6-4-5-7-21(20)33(30,31)28-23)24(29)26-17-8-10-18(11-9-17)32-19-12-14-25-15-13-19/h4-16,22H,3H2,1-2H3,(H,26,29)(H,27,28)/t16-,22-/m0/s1. The van der Waals surface area contributed by atoms with E-state index in [2.05, 4.69) is 20.0 Å². The van der Waals surface area contributed by atoms with E-state index in [4.69, 9.17) is 4.74 Å². The monoisotopic (exact) mass is 464 g/mol. The maximum atomic E-state index is 13.1. The molecule has 0 aliphatic carbocycles. The Hall–Kier alpha value is -3.72. The van der Waals surface area contributed by atoms with Crippen molar-refractivity contribution >= 4 is 27.5 Å². The molecule has 2 aromatic carbocycles. The topological polar surface area (TPSA) is 110 Å². The van der Waals surface area contributed by atoms with Crippen molar-refractivity contribution in [1.29, 1.82) is 0 Å². The highest BCUT2D eigenvalue weighted by molar-refractivity contribution is 7.90. The number of amidine groups is 1. The van der Waals surface area contributed by atoms with Gasteiger partial charge in [0.15, 0.2) is 0 Å². The Labute approximate surface area is 192 Å². The van der Waals surface area contributed by atoms with Crippen molar-refractivity contribution in [2.45, 2.75) is 31.2 Å². The molecule has 0 saturated carbocycles. The molecule has 8 nitrogen and oxygen atoms in total. The smallest absolute Gasteiger partial charge is 0.263 e. The van der Waals surface area contributed by atoms with Crippen LogP contribution >= 0.6 is 0 Å². The normalized spacial score (nSPS) is 17.0. The van der Waals surface area contributed by atoms with Crippen molar-refractivity contribution in [2.24, 2.45) is 10.9 Å². The van der Waals surface area contributed by atoms with Crippen molar-refractivity contribution in [3.05, 3.63) is 78.6 Å². The first-order chi connectivity index (χ1) is 15.9. The van der Waals surface area contributed by atoms with E-state index < -0.39 is 16.1 Å². The number of carbonyl (C=O) groups excluding carboxylic acids is 1. The summed E-state index contributed by atoms with van der Waals surface area (Å²) in [5, 5.41) is 2.88. The van der Waals surface area contributed by atoms with Crippen molar-refractivity contribution in [1.82, 2.24) is 9.71 Å². The van der Waals surface area contributed by atoms with Gasteiger partial charge in [-0.1, -0.05) is 32.4 Å². The molecule has 1 aliphatic rings. The summed E-state index contributed by atoms with van der Waals surface area (Å²) in [5.74, 6) is 1.04. The molecule has 0 radical (unpaired) electrons. The molecule has 9 heteroatoms. The fraction of sp³-hybridized carbons (Fsp3) is 0.208. The van der Waals surface area contributed by atoms with Gasteiger partial charge >= 0.3 is 0 Å². The summed E-state index contributed by atoms with van der Waals surface area (Å²) in [6.45, 7) is 3.87. The van der Waals surface area contributed by atoms with Crippen LogP contribution in [0.5, 0.6) is 11.5 Å². The number of nitrogens with zero attached hydrogens (tertiary/aromatic N) is 2. The molecule has 33 heavy (non-hydrogen) atoms. The van der Waals surface area contributed by atoms with Gasteiger partial charge in [-0.25, -0.2) is 8.42 Å². The minimum atomic E-state index is -3.68. The molecule has 1 amide bonds. The summed E-state index contributed by atoms with van der Waals surface area (Å²) in [6.07, 6.45) is 3.98. The average Bonchev–Trinajstić information content (AvgIpc) is 3.09. The van der Waals surface area contributed by atoms with Gasteiger partial charge in [-0.15, -0.1) is 0 Å². The highest BCUT2D eigenvalue weighted by atomic mass is 32.2. The van der Waals surface area contributed by atoms with E-state index in [9.17, 15) is 13.2 Å². The van der Waals surface area contributed by atoms with Crippen LogP contribution in [0.2, 0.25) is 0 Å². The first-order valence-electron chi connectivity index (χ1n) is 10.6. The predicted octanol–water partition coefficient (Wildman–Crippen LogP) is 3.97. The molecule has 0 bridgehead atoms. The third-order valence-corrected chi connectivity index (χ3v) is 6.79. The summed E-state index contributed by atoms with van der Waals surface area (Å²) in [6, 6.07) is 16.3. The summed E-state index contributed by atoms with van der Waals surface area (Å²) in [7, 11) is -3.68. The van der Waals surface area contributed by atoms with Gasteiger partial charge in [0, 0.05) is 23.6 Å². The highest BCUT2D eigenvalue weighted by Crippen LogP contribution is 2.25. The van der Waals surface area contributed by atoms with Crippen molar-refractivity contribution in [3.63, 3.8) is 0 Å². The lowest BCUT2D eigenvalue weighted by Crippen LogP contribution is -2.34. The van der Waals surface area contributed by atoms with Crippen LogP contribution in [-0.2, 0) is 14.8 Å². The molecule has 2 atom stereocenters. The molecule has 0 fully saturated rings. The van der Waals surface area contributed by atoms with Crippen molar-refractivity contribution in [3.8, 4) is 11.5 Å². The van der Waals surface area contributed by atoms with Crippen LogP contribution in [0.4, 0.5) is 5.69 Å². The molecule has 2 N–H and O–H groups in total. The molecular weight excluding hydrogens is 440 g/mol. The second-order valence-electron chi connectivity index (χ2n) is 7.71. The van der Waals surface area contributed by atoms with Gasteiger partial charge in [0.05, 0.1) is 4.90 Å². The van der Waals surface area contributed by atoms with Gasteiger partial charge in [0.2, 0.25) is 5.91 Å². The SMILES string of the molecule is CC[C@H](C)[C@H](N=C1NS(=O)(=O)c2ccccc21)C(=O)Nc1ccc(Oc2ccncc2)cc1. The van der Waals surface area contributed by atoms with Gasteiger partial charge in [-0.05, 0) is 54.4 Å². The maximum absolute atomic E-state index is 13.1. The molecule has 0 spiro atoms. The van der Waals surface area contributed by atoms with E-state index in [0.717, 1.165) is 0 Å². The largest absolute Gasteiger partial charge is 0.457 e. The molecule has 2 heterocycles. The lowest BCUT2D eigenvalue weighted by molar-refractivity contribution is -0.118. The number of sulfonamides is 1. The Morgan fingerprint density at radius 2 is 1.73 bits per heavy atom. The van der Waals surface area contributed by atoms with Gasteiger partial charge in [0.25, 0.3) is 10.0 Å². The second-order valence-corrected chi connectivity index (χ2v) is 9.36. The van der Waals surface area contributed by atoms with Gasteiger partial charge in [-0.3, -0.25) is 19.5 Å². The minimum absolute atomic E-state index is 0.107. The van der Waals surface area contributed by atoms with E-state index in [1.165, 1.54) is 6.07 Å². The number of ether oxygens (including phenoxy) is 1. The number of carbonyl (C=O) groups is 1. The summed E-state index contributed by atoms with van der Waals surface area (Å²) < 4.78 is 33.0. The lowest BCUT2D eigenvalue weighted by atomic mass is 9.98. The quantitative estimate of drug-likeness (QED) is 0.550. The van der Waals surface area contributed by atoms with Gasteiger partial charge < -0.3 is 10.1 Å². The van der Waals surface area contributed by atoms with Crippen molar-refractivity contribution < 1.29 is 17.9 Å². The summed E-state index contributed by atoms with van der Waals surface area (Å²) in [4.78, 5) is 21.8. The Bertz CT molecular complexity index is 1280. The summed E-state index contributed by atoms with van der Waals surface area (Å²) in [5.41, 5.74) is 1.05. The highest BCUT2D eigenvalue weighted by Gasteiger charge is 2.33. The number of rotatable bonds is 7. The lowest BCUT2D eigenvalue weighted by Gasteiger charge is -2.19. The zero-order chi connectivity index (χ0) is 23.4. The molecule has 1 aromatic heterocycles. The van der Waals surface area contributed by atoms with E-state index >= 15 is 0 Å². The fourth-order valence-corrected chi connectivity index (χ4v) is 4.64. The van der Waals surface area contributed by atoms with E-state index in [1.54, 1.807) is 67.0 Å². The number of aliphatic imine (C=N–C) groups is 1. The number of pyridine rings is 1. The third kappa shape index (κ3) is 5.04. The molecule has 3 aromatic rings. The number of benzene rings is 2. The van der Waals surface area contributed by atoms with Gasteiger partial charge in [0.1, 0.15) is 23.4 Å². The minimum Gasteiger partial charge on any atom is -0.457 e. The maximum Gasteiger partial charge on any atom is 0.263 e. The van der Waals surface area contributed by atoms with Crippen LogP contribution in [0.25, 0.3) is 0 Å². The number of aromatic nitrogens is 1. The number of hydrogen-bond acceptors (Lipinski definition) is 6. The third-order valence-electron chi connectivity index (χ3n) is 5.39. The molecule has 4 rings (SSSR count). The van der Waals surface area contributed by atoms with Crippen LogP contribution in [0, 0.1) is 5.92 Å². The predicted molar refractivity (Wildman–Crippen MR) is 126 cm³/mol. The second kappa shape index (κ2) is 9.41.